The van der Waals surface area contributed by atoms with E-state index in [1.54, 1.807) is 0 Å². The fourth-order valence-corrected chi connectivity index (χ4v) is 3.51. The molecule has 0 saturated heterocycles. The van der Waals surface area contributed by atoms with Gasteiger partial charge in [0, 0.05) is 12.4 Å². The standard InChI is InChI=1S/C18H30.C4H6O7S.2Na/c1-2-3-4-5-6-7-8-9-10-12-15-18-16-13-11-14-17-18;5-3(6)1-2(4(7)8)12(9,10)11;;/h11,13-14,16-17H,2-10,12,15H2,1H3;2H,1H2,(H,5,6)(H,7,8)(H,9,10,11);;/q;;2*+1/p-2. The molecule has 172 valence electrons. The van der Waals surface area contributed by atoms with Crippen LogP contribution in [0.1, 0.15) is 83.1 Å². The Morgan fingerprint density at radius 1 is 0.844 bits per heavy atom. The molecule has 1 unspecified atom stereocenters. The van der Waals surface area contributed by atoms with Gasteiger partial charge in [-0.2, -0.15) is 8.42 Å². The largest absolute Gasteiger partial charge is 1.00 e. The van der Waals surface area contributed by atoms with Gasteiger partial charge in [-0.05, 0) is 18.4 Å². The van der Waals surface area contributed by atoms with Gasteiger partial charge in [-0.15, -0.1) is 0 Å². The van der Waals surface area contributed by atoms with Crippen LogP contribution in [0.2, 0.25) is 0 Å². The molecule has 10 heteroatoms. The summed E-state index contributed by atoms with van der Waals surface area (Å²) in [5.74, 6) is -4.08. The molecule has 1 aromatic rings. The molecule has 0 saturated carbocycles. The van der Waals surface area contributed by atoms with Crippen LogP contribution in [0.4, 0.5) is 0 Å². The van der Waals surface area contributed by atoms with Crippen molar-refractivity contribution >= 4 is 22.1 Å². The second kappa shape index (κ2) is 22.8. The quantitative estimate of drug-likeness (QED) is 0.152. The summed E-state index contributed by atoms with van der Waals surface area (Å²) in [4.78, 5) is 19.7. The number of hydrogen-bond acceptors (Lipinski definition) is 6. The van der Waals surface area contributed by atoms with E-state index in [9.17, 15) is 28.2 Å². The molecule has 32 heavy (non-hydrogen) atoms. The number of aliphatic carboxylic acids is 2. The molecular weight excluding hydrogens is 454 g/mol. The van der Waals surface area contributed by atoms with E-state index < -0.39 is 33.7 Å². The maximum atomic E-state index is 10.2. The van der Waals surface area contributed by atoms with Crippen molar-refractivity contribution in [3.8, 4) is 0 Å². The van der Waals surface area contributed by atoms with E-state index in [1.807, 2.05) is 0 Å². The van der Waals surface area contributed by atoms with Crippen molar-refractivity contribution in [1.29, 1.82) is 0 Å². The molecule has 0 amide bonds. The molecule has 1 aromatic carbocycles. The Bertz CT molecular complexity index is 697. The zero-order valence-corrected chi connectivity index (χ0v) is 24.6. The van der Waals surface area contributed by atoms with Crippen LogP contribution in [0.3, 0.4) is 0 Å². The molecule has 0 aliphatic carbocycles. The van der Waals surface area contributed by atoms with Crippen LogP contribution in [-0.2, 0) is 26.1 Å². The first kappa shape index (κ1) is 36.6. The summed E-state index contributed by atoms with van der Waals surface area (Å²) in [6.45, 7) is 2.28. The van der Waals surface area contributed by atoms with Gasteiger partial charge in [0.05, 0.1) is 5.97 Å². The minimum Gasteiger partial charge on any atom is -0.550 e. The minimum atomic E-state index is -4.94. The molecule has 0 aliphatic heterocycles. The molecule has 0 bridgehead atoms. The number of carboxylic acids is 2. The number of hydrogen-bond donors (Lipinski definition) is 1. The second-order valence-electron chi connectivity index (χ2n) is 7.32. The summed E-state index contributed by atoms with van der Waals surface area (Å²) in [6, 6.07) is 10.9. The Hall–Kier alpha value is 0.0700. The van der Waals surface area contributed by atoms with Crippen LogP contribution in [0, 0.1) is 0 Å². The summed E-state index contributed by atoms with van der Waals surface area (Å²) < 4.78 is 28.5. The number of benzene rings is 1. The van der Waals surface area contributed by atoms with Gasteiger partial charge in [-0.25, -0.2) is 0 Å². The Balaban J connectivity index is -0.000000532. The third-order valence-electron chi connectivity index (χ3n) is 4.64. The molecule has 7 nitrogen and oxygen atoms in total. The van der Waals surface area contributed by atoms with Gasteiger partial charge in [0.2, 0.25) is 0 Å². The van der Waals surface area contributed by atoms with Crippen molar-refractivity contribution in [3.05, 3.63) is 35.9 Å². The maximum absolute atomic E-state index is 10.2. The van der Waals surface area contributed by atoms with E-state index in [1.165, 1.54) is 76.2 Å². The number of carboxylic acid groups (broad SMARTS) is 2. The molecule has 1 rings (SSSR count). The van der Waals surface area contributed by atoms with Crippen molar-refractivity contribution in [2.24, 2.45) is 0 Å². The normalized spacial score (nSPS) is 11.2. The van der Waals surface area contributed by atoms with Crippen molar-refractivity contribution in [1.82, 2.24) is 0 Å². The SMILES string of the molecule is CCCCCCCCCCCCc1ccccc1.O=C([O-])CC(C(=O)[O-])S(=O)(=O)O.[Na+].[Na+]. The Kier molecular flexibility index (Phi) is 26.2. The molecule has 0 spiro atoms. The summed E-state index contributed by atoms with van der Waals surface area (Å²) in [7, 11) is -4.94. The number of rotatable bonds is 15. The fourth-order valence-electron chi connectivity index (χ4n) is 2.92. The average molecular weight is 489 g/mol. The zero-order valence-electron chi connectivity index (χ0n) is 19.8. The van der Waals surface area contributed by atoms with Crippen LogP contribution in [0.15, 0.2) is 30.3 Å². The second-order valence-corrected chi connectivity index (χ2v) is 8.92. The van der Waals surface area contributed by atoms with Gasteiger partial charge < -0.3 is 19.8 Å². The predicted molar refractivity (Wildman–Crippen MR) is 112 cm³/mol. The van der Waals surface area contributed by atoms with E-state index in [4.69, 9.17) is 4.55 Å². The summed E-state index contributed by atoms with van der Waals surface area (Å²) in [5, 5.41) is 17.3. The summed E-state index contributed by atoms with van der Waals surface area (Å²) in [6.07, 6.45) is 14.2. The molecule has 0 radical (unpaired) electrons. The van der Waals surface area contributed by atoms with Crippen molar-refractivity contribution in [3.63, 3.8) is 0 Å². The van der Waals surface area contributed by atoms with E-state index in [-0.39, 0.29) is 59.1 Å². The van der Waals surface area contributed by atoms with Gasteiger partial charge in [0.1, 0.15) is 5.25 Å². The third kappa shape index (κ3) is 21.9. The number of aryl methyl sites for hydroxylation is 1. The van der Waals surface area contributed by atoms with Gasteiger partial charge in [0.25, 0.3) is 10.1 Å². The molecule has 1 atom stereocenters. The molecule has 0 heterocycles. The molecule has 1 N–H and O–H groups in total. The fraction of sp³-hybridized carbons (Fsp3) is 0.636. The van der Waals surface area contributed by atoms with Crippen molar-refractivity contribution < 1.29 is 91.9 Å². The maximum Gasteiger partial charge on any atom is 1.00 e. The third-order valence-corrected chi connectivity index (χ3v) is 5.71. The smallest absolute Gasteiger partial charge is 0.550 e. The van der Waals surface area contributed by atoms with Gasteiger partial charge in [-0.1, -0.05) is 95.0 Å². The van der Waals surface area contributed by atoms with Crippen LogP contribution in [0.5, 0.6) is 0 Å². The van der Waals surface area contributed by atoms with Crippen LogP contribution >= 0.6 is 0 Å². The first-order valence-electron chi connectivity index (χ1n) is 10.6. The summed E-state index contributed by atoms with van der Waals surface area (Å²) in [5.41, 5.74) is 1.50. The van der Waals surface area contributed by atoms with Crippen molar-refractivity contribution in [2.45, 2.75) is 89.2 Å². The number of carbonyl (C=O) groups is 2. The minimum absolute atomic E-state index is 0. The van der Waals surface area contributed by atoms with Crippen molar-refractivity contribution in [2.75, 3.05) is 0 Å². The number of carbonyl (C=O) groups excluding carboxylic acids is 2. The number of unbranched alkanes of at least 4 members (excludes halogenated alkanes) is 9. The van der Waals surface area contributed by atoms with E-state index >= 15 is 0 Å². The monoisotopic (exact) mass is 488 g/mol. The molecule has 0 aromatic heterocycles. The Labute approximate surface area is 237 Å². The summed E-state index contributed by atoms with van der Waals surface area (Å²) >= 11 is 0. The molecule has 0 fully saturated rings. The van der Waals surface area contributed by atoms with E-state index in [0.29, 0.717) is 0 Å². The van der Waals surface area contributed by atoms with E-state index in [0.717, 1.165) is 0 Å². The predicted octanol–water partition coefficient (Wildman–Crippen LogP) is -3.71. The topological polar surface area (TPSA) is 135 Å². The van der Waals surface area contributed by atoms with Crippen LogP contribution in [0.25, 0.3) is 0 Å². The Morgan fingerprint density at radius 3 is 1.62 bits per heavy atom. The average Bonchev–Trinajstić information content (AvgIpc) is 2.68. The first-order chi connectivity index (χ1) is 14.2. The molecular formula is C22H34Na2O7S. The zero-order chi connectivity index (χ0) is 22.8. The van der Waals surface area contributed by atoms with Gasteiger partial charge in [0.15, 0.2) is 0 Å². The molecule has 0 aliphatic rings. The van der Waals surface area contributed by atoms with Gasteiger partial charge in [-0.3, -0.25) is 4.55 Å². The van der Waals surface area contributed by atoms with Gasteiger partial charge >= 0.3 is 59.1 Å². The Morgan fingerprint density at radius 2 is 1.28 bits per heavy atom. The first-order valence-corrected chi connectivity index (χ1v) is 12.1. The van der Waals surface area contributed by atoms with E-state index in [2.05, 4.69) is 37.3 Å². The van der Waals surface area contributed by atoms with Crippen LogP contribution in [-0.4, -0.2) is 30.2 Å². The van der Waals surface area contributed by atoms with Crippen LogP contribution < -0.4 is 69.3 Å².